The van der Waals surface area contributed by atoms with Gasteiger partial charge in [0.15, 0.2) is 0 Å². The first-order valence-corrected chi connectivity index (χ1v) is 7.08. The number of hydrogen-bond acceptors (Lipinski definition) is 1. The second kappa shape index (κ2) is 6.31. The molecule has 0 aliphatic heterocycles. The topological polar surface area (TPSA) is 12.0 Å². The van der Waals surface area contributed by atoms with E-state index in [1.165, 1.54) is 23.3 Å². The molecular formula is C16H17BrFN. The molecule has 0 spiro atoms. The van der Waals surface area contributed by atoms with E-state index in [4.69, 9.17) is 0 Å². The third kappa shape index (κ3) is 3.43. The van der Waals surface area contributed by atoms with Crippen LogP contribution in [0.1, 0.15) is 22.7 Å². The van der Waals surface area contributed by atoms with E-state index >= 15 is 0 Å². The van der Waals surface area contributed by atoms with Crippen molar-refractivity contribution in [3.05, 3.63) is 69.4 Å². The molecule has 2 rings (SSSR count). The number of likely N-dealkylation sites (N-methyl/N-ethyl adjacent to an activating group) is 1. The van der Waals surface area contributed by atoms with Crippen molar-refractivity contribution < 1.29 is 4.39 Å². The second-order valence-corrected chi connectivity index (χ2v) is 5.48. The predicted octanol–water partition coefficient (Wildman–Crippen LogP) is 4.40. The standard InChI is InChI=1S/C16H17BrFN/c1-11-14(4-3-5-15(11)17)16(19-2)10-12-6-8-13(18)9-7-12/h3-9,16,19H,10H2,1-2H3. The molecule has 0 aliphatic rings. The van der Waals surface area contributed by atoms with Gasteiger partial charge in [0, 0.05) is 10.5 Å². The minimum absolute atomic E-state index is 0.191. The van der Waals surface area contributed by atoms with Crippen molar-refractivity contribution in [1.29, 1.82) is 0 Å². The summed E-state index contributed by atoms with van der Waals surface area (Å²) in [6, 6.07) is 13.1. The lowest BCUT2D eigenvalue weighted by Crippen LogP contribution is -2.20. The van der Waals surface area contributed by atoms with Gasteiger partial charge in [0.1, 0.15) is 5.82 Å². The van der Waals surface area contributed by atoms with E-state index in [9.17, 15) is 4.39 Å². The minimum Gasteiger partial charge on any atom is -0.313 e. The fourth-order valence-corrected chi connectivity index (χ4v) is 2.61. The van der Waals surface area contributed by atoms with Crippen LogP contribution < -0.4 is 5.32 Å². The zero-order chi connectivity index (χ0) is 13.8. The molecule has 0 fully saturated rings. The zero-order valence-electron chi connectivity index (χ0n) is 11.1. The molecule has 0 aliphatic carbocycles. The Morgan fingerprint density at radius 2 is 1.84 bits per heavy atom. The highest BCUT2D eigenvalue weighted by atomic mass is 79.9. The number of benzene rings is 2. The maximum atomic E-state index is 12.9. The van der Waals surface area contributed by atoms with Gasteiger partial charge in [-0.05, 0) is 55.3 Å². The van der Waals surface area contributed by atoms with Gasteiger partial charge in [-0.15, -0.1) is 0 Å². The normalized spacial score (nSPS) is 12.4. The van der Waals surface area contributed by atoms with Crippen LogP contribution in [0.2, 0.25) is 0 Å². The zero-order valence-corrected chi connectivity index (χ0v) is 12.7. The van der Waals surface area contributed by atoms with Gasteiger partial charge in [-0.1, -0.05) is 40.2 Å². The number of rotatable bonds is 4. The molecule has 1 unspecified atom stereocenters. The third-order valence-corrected chi connectivity index (χ3v) is 4.25. The van der Waals surface area contributed by atoms with Gasteiger partial charge in [0.25, 0.3) is 0 Å². The van der Waals surface area contributed by atoms with Crippen LogP contribution in [-0.2, 0) is 6.42 Å². The molecular weight excluding hydrogens is 305 g/mol. The first kappa shape index (κ1) is 14.2. The van der Waals surface area contributed by atoms with Crippen LogP contribution in [0.25, 0.3) is 0 Å². The molecule has 0 saturated carbocycles. The Morgan fingerprint density at radius 1 is 1.16 bits per heavy atom. The summed E-state index contributed by atoms with van der Waals surface area (Å²) in [5, 5.41) is 3.33. The largest absolute Gasteiger partial charge is 0.313 e. The van der Waals surface area contributed by atoms with Gasteiger partial charge in [-0.25, -0.2) is 4.39 Å². The van der Waals surface area contributed by atoms with Crippen LogP contribution in [0.5, 0.6) is 0 Å². The highest BCUT2D eigenvalue weighted by Crippen LogP contribution is 2.26. The Morgan fingerprint density at radius 3 is 2.47 bits per heavy atom. The van der Waals surface area contributed by atoms with E-state index in [1.54, 1.807) is 0 Å². The average Bonchev–Trinajstić information content (AvgIpc) is 2.42. The average molecular weight is 322 g/mol. The lowest BCUT2D eigenvalue weighted by molar-refractivity contribution is 0.585. The molecule has 1 atom stereocenters. The molecule has 0 aromatic heterocycles. The lowest BCUT2D eigenvalue weighted by atomic mass is 9.95. The van der Waals surface area contributed by atoms with Gasteiger partial charge in [0.05, 0.1) is 0 Å². The van der Waals surface area contributed by atoms with E-state index in [1.807, 2.05) is 31.3 Å². The van der Waals surface area contributed by atoms with Crippen molar-refractivity contribution in [3.8, 4) is 0 Å². The molecule has 3 heteroatoms. The SMILES string of the molecule is CNC(Cc1ccc(F)cc1)c1cccc(Br)c1C. The minimum atomic E-state index is -0.191. The molecule has 0 saturated heterocycles. The first-order chi connectivity index (χ1) is 9.11. The third-order valence-electron chi connectivity index (χ3n) is 3.39. The molecule has 2 aromatic carbocycles. The van der Waals surface area contributed by atoms with Gasteiger partial charge in [0.2, 0.25) is 0 Å². The quantitative estimate of drug-likeness (QED) is 0.880. The van der Waals surface area contributed by atoms with E-state index in [-0.39, 0.29) is 11.9 Å². The summed E-state index contributed by atoms with van der Waals surface area (Å²) in [4.78, 5) is 0. The van der Waals surface area contributed by atoms with Gasteiger partial charge < -0.3 is 5.32 Å². The summed E-state index contributed by atoms with van der Waals surface area (Å²) in [7, 11) is 1.95. The molecule has 0 radical (unpaired) electrons. The summed E-state index contributed by atoms with van der Waals surface area (Å²) < 4.78 is 14.0. The molecule has 0 bridgehead atoms. The van der Waals surface area contributed by atoms with Crippen LogP contribution in [-0.4, -0.2) is 7.05 Å². The number of halogens is 2. The Bertz CT molecular complexity index is 551. The fourth-order valence-electron chi connectivity index (χ4n) is 2.23. The van der Waals surface area contributed by atoms with Crippen molar-refractivity contribution in [2.24, 2.45) is 0 Å². The monoisotopic (exact) mass is 321 g/mol. The molecule has 100 valence electrons. The fraction of sp³-hybridized carbons (Fsp3) is 0.250. The van der Waals surface area contributed by atoms with Crippen molar-refractivity contribution in [2.45, 2.75) is 19.4 Å². The summed E-state index contributed by atoms with van der Waals surface area (Å²) in [5.74, 6) is -0.191. The summed E-state index contributed by atoms with van der Waals surface area (Å²) >= 11 is 3.56. The van der Waals surface area contributed by atoms with E-state index in [0.717, 1.165) is 16.5 Å². The first-order valence-electron chi connectivity index (χ1n) is 6.28. The van der Waals surface area contributed by atoms with Crippen molar-refractivity contribution in [1.82, 2.24) is 5.32 Å². The van der Waals surface area contributed by atoms with Crippen molar-refractivity contribution in [3.63, 3.8) is 0 Å². The molecule has 0 heterocycles. The van der Waals surface area contributed by atoms with Crippen LogP contribution in [0.3, 0.4) is 0 Å². The van der Waals surface area contributed by atoms with Gasteiger partial charge in [-0.2, -0.15) is 0 Å². The van der Waals surface area contributed by atoms with Crippen LogP contribution in [0.15, 0.2) is 46.9 Å². The smallest absolute Gasteiger partial charge is 0.123 e. The van der Waals surface area contributed by atoms with Crippen LogP contribution in [0, 0.1) is 12.7 Å². The van der Waals surface area contributed by atoms with E-state index in [2.05, 4.69) is 34.2 Å². The van der Waals surface area contributed by atoms with E-state index in [0.29, 0.717) is 0 Å². The number of hydrogen-bond donors (Lipinski definition) is 1. The van der Waals surface area contributed by atoms with E-state index < -0.39 is 0 Å². The Hall–Kier alpha value is -1.19. The molecule has 1 nitrogen and oxygen atoms in total. The lowest BCUT2D eigenvalue weighted by Gasteiger charge is -2.19. The Balaban J connectivity index is 2.25. The van der Waals surface area contributed by atoms with Crippen molar-refractivity contribution in [2.75, 3.05) is 7.05 Å². The van der Waals surface area contributed by atoms with Gasteiger partial charge in [-0.3, -0.25) is 0 Å². The van der Waals surface area contributed by atoms with Crippen molar-refractivity contribution >= 4 is 15.9 Å². The Kier molecular flexibility index (Phi) is 4.72. The number of nitrogens with one attached hydrogen (secondary N) is 1. The molecule has 2 aromatic rings. The summed E-state index contributed by atoms with van der Waals surface area (Å²) in [5.41, 5.74) is 3.63. The predicted molar refractivity (Wildman–Crippen MR) is 80.8 cm³/mol. The Labute approximate surface area is 122 Å². The maximum Gasteiger partial charge on any atom is 0.123 e. The molecule has 0 amide bonds. The molecule has 1 N–H and O–H groups in total. The highest BCUT2D eigenvalue weighted by Gasteiger charge is 2.13. The summed E-state index contributed by atoms with van der Waals surface area (Å²) in [6.45, 7) is 2.11. The van der Waals surface area contributed by atoms with Crippen LogP contribution in [0.4, 0.5) is 4.39 Å². The second-order valence-electron chi connectivity index (χ2n) is 4.63. The summed E-state index contributed by atoms with van der Waals surface area (Å²) in [6.07, 6.45) is 0.841. The molecule has 19 heavy (non-hydrogen) atoms. The van der Waals surface area contributed by atoms with Crippen LogP contribution >= 0.6 is 15.9 Å². The maximum absolute atomic E-state index is 12.9. The highest BCUT2D eigenvalue weighted by molar-refractivity contribution is 9.10. The van der Waals surface area contributed by atoms with Gasteiger partial charge >= 0.3 is 0 Å².